The quantitative estimate of drug-likeness (QED) is 0.758. The minimum absolute atomic E-state index is 0.110. The van der Waals surface area contributed by atoms with Gasteiger partial charge in [-0.1, -0.05) is 17.9 Å². The zero-order valence-electron chi connectivity index (χ0n) is 13.5. The topological polar surface area (TPSA) is 32.3 Å². The Labute approximate surface area is 136 Å². The lowest BCUT2D eigenvalue weighted by molar-refractivity contribution is 0.229. The van der Waals surface area contributed by atoms with Gasteiger partial charge in [-0.05, 0) is 39.1 Å². The Balaban J connectivity index is 1.74. The molecule has 2 heterocycles. The number of halogens is 1. The van der Waals surface area contributed by atoms with Crippen LogP contribution in [0.15, 0.2) is 36.7 Å². The van der Waals surface area contributed by atoms with E-state index in [1.54, 1.807) is 24.5 Å². The highest BCUT2D eigenvalue weighted by molar-refractivity contribution is 5.43. The average Bonchev–Trinajstić information content (AvgIpc) is 2.79. The molecule has 1 aliphatic rings. The molecule has 1 aromatic heterocycles. The van der Waals surface area contributed by atoms with Gasteiger partial charge < -0.3 is 4.90 Å². The van der Waals surface area contributed by atoms with E-state index in [1.165, 1.54) is 12.1 Å². The lowest BCUT2D eigenvalue weighted by Gasteiger charge is -2.24. The van der Waals surface area contributed by atoms with Gasteiger partial charge in [-0.15, -0.1) is 0 Å². The molecule has 2 aromatic rings. The fraction of sp³-hybridized carbons (Fsp3) is 0.333. The highest BCUT2D eigenvalue weighted by Crippen LogP contribution is 2.24. The van der Waals surface area contributed by atoms with Crippen molar-refractivity contribution in [1.29, 1.82) is 0 Å². The summed E-state index contributed by atoms with van der Waals surface area (Å²) in [4.78, 5) is 13.2. The van der Waals surface area contributed by atoms with Crippen LogP contribution < -0.4 is 4.90 Å². The Morgan fingerprint density at radius 2 is 1.83 bits per heavy atom. The van der Waals surface area contributed by atoms with Gasteiger partial charge in [0.15, 0.2) is 0 Å². The molecule has 23 heavy (non-hydrogen) atoms. The van der Waals surface area contributed by atoms with Crippen LogP contribution >= 0.6 is 0 Å². The fourth-order valence-electron chi connectivity index (χ4n) is 2.48. The number of rotatable bonds is 1. The van der Waals surface area contributed by atoms with Crippen molar-refractivity contribution < 1.29 is 4.39 Å². The predicted octanol–water partition coefficient (Wildman–Crippen LogP) is 2.50. The van der Waals surface area contributed by atoms with Crippen LogP contribution in [-0.4, -0.2) is 40.7 Å². The fourth-order valence-corrected chi connectivity index (χ4v) is 2.48. The van der Waals surface area contributed by atoms with Crippen LogP contribution in [0.1, 0.15) is 25.0 Å². The number of hydrogen-bond donors (Lipinski definition) is 0. The molecule has 5 heteroatoms. The summed E-state index contributed by atoms with van der Waals surface area (Å²) in [5.41, 5.74) is 1.46. The summed E-state index contributed by atoms with van der Waals surface area (Å²) in [6.07, 6.45) is 3.42. The smallest absolute Gasteiger partial charge is 0.226 e. The van der Waals surface area contributed by atoms with Crippen LogP contribution in [0.4, 0.5) is 10.3 Å². The SMILES string of the molecule is CN1CN(c2ncc(C#Cc3cccc(F)c3)cn2)CC1(C)C. The Kier molecular flexibility index (Phi) is 4.01. The summed E-state index contributed by atoms with van der Waals surface area (Å²) in [5.74, 6) is 6.30. The van der Waals surface area contributed by atoms with E-state index in [0.29, 0.717) is 17.1 Å². The molecule has 1 aliphatic heterocycles. The summed E-state index contributed by atoms with van der Waals surface area (Å²) in [6.45, 7) is 6.09. The van der Waals surface area contributed by atoms with Crippen LogP contribution in [0.5, 0.6) is 0 Å². The van der Waals surface area contributed by atoms with Crippen molar-refractivity contribution in [2.24, 2.45) is 0 Å². The van der Waals surface area contributed by atoms with Crippen molar-refractivity contribution in [3.05, 3.63) is 53.6 Å². The van der Waals surface area contributed by atoms with Gasteiger partial charge >= 0.3 is 0 Å². The molecule has 1 aromatic carbocycles. The number of hydrogen-bond acceptors (Lipinski definition) is 4. The molecule has 3 rings (SSSR count). The first-order valence-corrected chi connectivity index (χ1v) is 7.50. The molecule has 0 radical (unpaired) electrons. The predicted molar refractivity (Wildman–Crippen MR) is 88.5 cm³/mol. The molecule has 0 aliphatic carbocycles. The Morgan fingerprint density at radius 3 is 2.43 bits per heavy atom. The highest BCUT2D eigenvalue weighted by Gasteiger charge is 2.35. The molecule has 1 saturated heterocycles. The van der Waals surface area contributed by atoms with Crippen molar-refractivity contribution in [3.63, 3.8) is 0 Å². The molecule has 0 atom stereocenters. The summed E-state index contributed by atoms with van der Waals surface area (Å²) < 4.78 is 13.1. The van der Waals surface area contributed by atoms with E-state index in [2.05, 4.69) is 52.5 Å². The summed E-state index contributed by atoms with van der Waals surface area (Å²) in [7, 11) is 2.10. The number of anilines is 1. The molecule has 0 bridgehead atoms. The van der Waals surface area contributed by atoms with E-state index in [0.717, 1.165) is 13.2 Å². The van der Waals surface area contributed by atoms with Gasteiger partial charge in [0, 0.05) is 30.0 Å². The Morgan fingerprint density at radius 1 is 1.13 bits per heavy atom. The van der Waals surface area contributed by atoms with E-state index < -0.39 is 0 Å². The second-order valence-corrected chi connectivity index (χ2v) is 6.38. The van der Waals surface area contributed by atoms with Crippen molar-refractivity contribution in [2.45, 2.75) is 19.4 Å². The minimum atomic E-state index is -0.288. The third kappa shape index (κ3) is 3.49. The van der Waals surface area contributed by atoms with Crippen LogP contribution in [0.25, 0.3) is 0 Å². The second kappa shape index (κ2) is 5.98. The van der Waals surface area contributed by atoms with Gasteiger partial charge in [0.05, 0.1) is 12.2 Å². The van der Waals surface area contributed by atoms with Crippen molar-refractivity contribution in [2.75, 3.05) is 25.2 Å². The monoisotopic (exact) mass is 310 g/mol. The third-order valence-corrected chi connectivity index (χ3v) is 4.09. The molecule has 118 valence electrons. The highest BCUT2D eigenvalue weighted by atomic mass is 19.1. The minimum Gasteiger partial charge on any atom is -0.326 e. The zero-order chi connectivity index (χ0) is 16.4. The zero-order valence-corrected chi connectivity index (χ0v) is 13.5. The van der Waals surface area contributed by atoms with E-state index in [4.69, 9.17) is 0 Å². The number of nitrogens with zero attached hydrogens (tertiary/aromatic N) is 4. The van der Waals surface area contributed by atoms with Crippen LogP contribution in [0.3, 0.4) is 0 Å². The van der Waals surface area contributed by atoms with E-state index in [-0.39, 0.29) is 11.4 Å². The largest absolute Gasteiger partial charge is 0.326 e. The molecule has 4 nitrogen and oxygen atoms in total. The summed E-state index contributed by atoms with van der Waals surface area (Å²) in [5, 5.41) is 0. The summed E-state index contributed by atoms with van der Waals surface area (Å²) in [6, 6.07) is 6.22. The number of likely N-dealkylation sites (N-methyl/N-ethyl adjacent to an activating group) is 1. The molecule has 0 spiro atoms. The lowest BCUT2D eigenvalue weighted by Crippen LogP contribution is -2.36. The molecule has 0 amide bonds. The van der Waals surface area contributed by atoms with E-state index in [1.807, 2.05) is 0 Å². The van der Waals surface area contributed by atoms with Crippen LogP contribution in [0.2, 0.25) is 0 Å². The Hall–Kier alpha value is -2.45. The normalized spacial score (nSPS) is 17.0. The maximum absolute atomic E-state index is 13.1. The van der Waals surface area contributed by atoms with Gasteiger partial charge in [-0.2, -0.15) is 0 Å². The molecular weight excluding hydrogens is 291 g/mol. The maximum atomic E-state index is 13.1. The first kappa shape index (κ1) is 15.4. The lowest BCUT2D eigenvalue weighted by atomic mass is 10.1. The average molecular weight is 310 g/mol. The maximum Gasteiger partial charge on any atom is 0.226 e. The first-order valence-electron chi connectivity index (χ1n) is 7.50. The van der Waals surface area contributed by atoms with Crippen molar-refractivity contribution in [3.8, 4) is 11.8 Å². The van der Waals surface area contributed by atoms with Gasteiger partial charge in [-0.3, -0.25) is 4.90 Å². The third-order valence-electron chi connectivity index (χ3n) is 4.09. The van der Waals surface area contributed by atoms with Gasteiger partial charge in [0.25, 0.3) is 0 Å². The number of aromatic nitrogens is 2. The standard InChI is InChI=1S/C18H19FN4/c1-18(2)12-23(13-22(18)3)17-20-10-15(11-21-17)8-7-14-5-4-6-16(19)9-14/h4-6,9-11H,12-13H2,1-3H3. The molecule has 1 fully saturated rings. The molecule has 0 saturated carbocycles. The van der Waals surface area contributed by atoms with Gasteiger partial charge in [0.2, 0.25) is 5.95 Å². The molecular formula is C18H19FN4. The molecule has 0 unspecified atom stereocenters. The molecule has 0 N–H and O–H groups in total. The number of benzene rings is 1. The summed E-state index contributed by atoms with van der Waals surface area (Å²) >= 11 is 0. The van der Waals surface area contributed by atoms with Crippen molar-refractivity contribution in [1.82, 2.24) is 14.9 Å². The van der Waals surface area contributed by atoms with Crippen LogP contribution in [0, 0.1) is 17.7 Å². The van der Waals surface area contributed by atoms with Gasteiger partial charge in [-0.25, -0.2) is 14.4 Å². The first-order chi connectivity index (χ1) is 10.9. The van der Waals surface area contributed by atoms with E-state index in [9.17, 15) is 4.39 Å². The second-order valence-electron chi connectivity index (χ2n) is 6.38. The van der Waals surface area contributed by atoms with Crippen molar-refractivity contribution >= 4 is 5.95 Å². The Bertz CT molecular complexity index is 759. The van der Waals surface area contributed by atoms with E-state index >= 15 is 0 Å². The van der Waals surface area contributed by atoms with Gasteiger partial charge in [0.1, 0.15) is 5.82 Å². The van der Waals surface area contributed by atoms with Crippen LogP contribution in [-0.2, 0) is 0 Å².